The molecule has 7 nitrogen and oxygen atoms in total. The molecule has 1 aromatic heterocycles. The van der Waals surface area contributed by atoms with Gasteiger partial charge in [-0.2, -0.15) is 0 Å². The molecule has 1 aliphatic rings. The number of nitro groups is 1. The Morgan fingerprint density at radius 2 is 2.00 bits per heavy atom. The summed E-state index contributed by atoms with van der Waals surface area (Å²) in [6.45, 7) is 9.02. The van der Waals surface area contributed by atoms with Crippen LogP contribution in [-0.4, -0.2) is 47.5 Å². The summed E-state index contributed by atoms with van der Waals surface area (Å²) in [7, 11) is 0. The maximum absolute atomic E-state index is 10.9. The molecule has 7 heteroatoms. The minimum absolute atomic E-state index is 0.00268. The molecule has 0 unspecified atom stereocenters. The molecule has 0 atom stereocenters. The number of nitrogen functional groups attached to an aromatic ring is 1. The zero-order chi connectivity index (χ0) is 14.7. The number of hydrogen-bond acceptors (Lipinski definition) is 6. The van der Waals surface area contributed by atoms with Gasteiger partial charge in [0.15, 0.2) is 0 Å². The van der Waals surface area contributed by atoms with E-state index in [2.05, 4.69) is 28.6 Å². The molecule has 1 aliphatic heterocycles. The van der Waals surface area contributed by atoms with E-state index in [0.717, 1.165) is 32.7 Å². The molecule has 0 spiro atoms. The summed E-state index contributed by atoms with van der Waals surface area (Å²) in [4.78, 5) is 19.1. The van der Waals surface area contributed by atoms with Gasteiger partial charge in [-0.25, -0.2) is 4.98 Å². The molecule has 1 fully saturated rings. The van der Waals surface area contributed by atoms with E-state index in [1.54, 1.807) is 0 Å². The van der Waals surface area contributed by atoms with Crippen molar-refractivity contribution >= 4 is 17.3 Å². The van der Waals surface area contributed by atoms with Crippen molar-refractivity contribution in [2.45, 2.75) is 13.8 Å². The van der Waals surface area contributed by atoms with Crippen molar-refractivity contribution in [1.82, 2.24) is 9.88 Å². The van der Waals surface area contributed by atoms with Gasteiger partial charge in [0.1, 0.15) is 11.6 Å². The van der Waals surface area contributed by atoms with Crippen LogP contribution in [0, 0.1) is 16.0 Å². The van der Waals surface area contributed by atoms with E-state index in [-0.39, 0.29) is 11.5 Å². The van der Waals surface area contributed by atoms with E-state index in [4.69, 9.17) is 5.73 Å². The smallest absolute Gasteiger partial charge is 0.276 e. The predicted molar refractivity (Wildman–Crippen MR) is 78.8 cm³/mol. The molecule has 0 amide bonds. The van der Waals surface area contributed by atoms with Gasteiger partial charge in [-0.1, -0.05) is 13.8 Å². The lowest BCUT2D eigenvalue weighted by Crippen LogP contribution is -2.47. The molecule has 20 heavy (non-hydrogen) atoms. The molecule has 0 saturated carbocycles. The second kappa shape index (κ2) is 6.04. The molecule has 0 radical (unpaired) electrons. The highest BCUT2D eigenvalue weighted by molar-refractivity contribution is 5.54. The topological polar surface area (TPSA) is 88.5 Å². The summed E-state index contributed by atoms with van der Waals surface area (Å²) in [5, 5.41) is 10.9. The summed E-state index contributed by atoms with van der Waals surface area (Å²) < 4.78 is 0. The Balaban J connectivity index is 2.05. The van der Waals surface area contributed by atoms with Crippen LogP contribution in [0.15, 0.2) is 12.1 Å². The number of piperazine rings is 1. The van der Waals surface area contributed by atoms with E-state index >= 15 is 0 Å². The van der Waals surface area contributed by atoms with Gasteiger partial charge in [0.05, 0.1) is 17.1 Å². The van der Waals surface area contributed by atoms with Crippen molar-refractivity contribution < 1.29 is 4.92 Å². The molecular formula is C13H21N5O2. The molecular weight excluding hydrogens is 258 g/mol. The van der Waals surface area contributed by atoms with E-state index < -0.39 is 4.92 Å². The van der Waals surface area contributed by atoms with Crippen LogP contribution in [0.2, 0.25) is 0 Å². The lowest BCUT2D eigenvalue weighted by Gasteiger charge is -2.36. The molecule has 2 heterocycles. The maximum Gasteiger partial charge on any atom is 0.276 e. The predicted octanol–water partition coefficient (Wildman–Crippen LogP) is 1.35. The fourth-order valence-corrected chi connectivity index (χ4v) is 2.47. The molecule has 0 bridgehead atoms. The third-order valence-electron chi connectivity index (χ3n) is 3.35. The van der Waals surface area contributed by atoms with Gasteiger partial charge in [0.25, 0.3) is 5.69 Å². The standard InChI is InChI=1S/C13H21N5O2/c1-10(2)9-16-3-5-17(6-4-16)13-8-11(18(19)20)7-12(14)15-13/h7-8,10H,3-6,9H2,1-2H3,(H2,14,15). The van der Waals surface area contributed by atoms with Crippen LogP contribution in [0.1, 0.15) is 13.8 Å². The van der Waals surface area contributed by atoms with Crippen molar-refractivity contribution in [3.05, 3.63) is 22.2 Å². The summed E-state index contributed by atoms with van der Waals surface area (Å²) in [6.07, 6.45) is 0. The fraction of sp³-hybridized carbons (Fsp3) is 0.615. The van der Waals surface area contributed by atoms with Crippen LogP contribution in [0.3, 0.4) is 0 Å². The van der Waals surface area contributed by atoms with Gasteiger partial charge < -0.3 is 10.6 Å². The molecule has 1 saturated heterocycles. The van der Waals surface area contributed by atoms with Gasteiger partial charge in [-0.3, -0.25) is 15.0 Å². The average molecular weight is 279 g/mol. The number of rotatable bonds is 4. The van der Waals surface area contributed by atoms with Crippen LogP contribution in [0.25, 0.3) is 0 Å². The first kappa shape index (κ1) is 14.5. The summed E-state index contributed by atoms with van der Waals surface area (Å²) in [5.74, 6) is 1.44. The Labute approximate surface area is 118 Å². The Hall–Kier alpha value is -1.89. The highest BCUT2D eigenvalue weighted by Crippen LogP contribution is 2.22. The lowest BCUT2D eigenvalue weighted by atomic mass is 10.2. The van der Waals surface area contributed by atoms with E-state index in [1.807, 2.05) is 0 Å². The first-order valence-electron chi connectivity index (χ1n) is 6.85. The Kier molecular flexibility index (Phi) is 4.39. The summed E-state index contributed by atoms with van der Waals surface area (Å²) in [5.41, 5.74) is 5.64. The normalized spacial score (nSPS) is 16.6. The van der Waals surface area contributed by atoms with Crippen LogP contribution in [0.5, 0.6) is 0 Å². The summed E-state index contributed by atoms with van der Waals surface area (Å²) >= 11 is 0. The van der Waals surface area contributed by atoms with Crippen molar-refractivity contribution in [2.24, 2.45) is 5.92 Å². The maximum atomic E-state index is 10.9. The fourth-order valence-electron chi connectivity index (χ4n) is 2.47. The van der Waals surface area contributed by atoms with E-state index in [9.17, 15) is 10.1 Å². The summed E-state index contributed by atoms with van der Waals surface area (Å²) in [6, 6.07) is 2.78. The van der Waals surface area contributed by atoms with E-state index in [0.29, 0.717) is 11.7 Å². The number of nitrogens with zero attached hydrogens (tertiary/aromatic N) is 4. The Morgan fingerprint density at radius 3 is 2.55 bits per heavy atom. The highest BCUT2D eigenvalue weighted by atomic mass is 16.6. The number of anilines is 2. The zero-order valence-electron chi connectivity index (χ0n) is 12.0. The molecule has 2 N–H and O–H groups in total. The van der Waals surface area contributed by atoms with Crippen LogP contribution < -0.4 is 10.6 Å². The molecule has 2 rings (SSSR count). The first-order valence-corrected chi connectivity index (χ1v) is 6.85. The third-order valence-corrected chi connectivity index (χ3v) is 3.35. The zero-order valence-corrected chi connectivity index (χ0v) is 12.0. The molecule has 1 aromatic rings. The monoisotopic (exact) mass is 279 g/mol. The Morgan fingerprint density at radius 1 is 1.35 bits per heavy atom. The minimum atomic E-state index is -0.434. The number of pyridine rings is 1. The molecule has 0 aliphatic carbocycles. The van der Waals surface area contributed by atoms with Crippen LogP contribution >= 0.6 is 0 Å². The molecule has 110 valence electrons. The van der Waals surface area contributed by atoms with Gasteiger partial charge >= 0.3 is 0 Å². The third kappa shape index (κ3) is 3.57. The van der Waals surface area contributed by atoms with Gasteiger partial charge in [0, 0.05) is 32.7 Å². The second-order valence-electron chi connectivity index (χ2n) is 5.55. The van der Waals surface area contributed by atoms with Gasteiger partial charge in [-0.05, 0) is 5.92 Å². The van der Waals surface area contributed by atoms with Crippen molar-refractivity contribution in [2.75, 3.05) is 43.4 Å². The Bertz CT molecular complexity index is 484. The van der Waals surface area contributed by atoms with Gasteiger partial charge in [0.2, 0.25) is 0 Å². The van der Waals surface area contributed by atoms with Gasteiger partial charge in [-0.15, -0.1) is 0 Å². The van der Waals surface area contributed by atoms with Crippen molar-refractivity contribution in [3.63, 3.8) is 0 Å². The SMILES string of the molecule is CC(C)CN1CCN(c2cc([N+](=O)[O-])cc(N)n2)CC1. The largest absolute Gasteiger partial charge is 0.383 e. The second-order valence-corrected chi connectivity index (χ2v) is 5.55. The van der Waals surface area contributed by atoms with Crippen LogP contribution in [-0.2, 0) is 0 Å². The quantitative estimate of drug-likeness (QED) is 0.661. The average Bonchev–Trinajstić information content (AvgIpc) is 2.38. The van der Waals surface area contributed by atoms with Crippen molar-refractivity contribution in [1.29, 1.82) is 0 Å². The number of nitrogens with two attached hydrogens (primary N) is 1. The van der Waals surface area contributed by atoms with E-state index in [1.165, 1.54) is 12.1 Å². The molecule has 0 aromatic carbocycles. The lowest BCUT2D eigenvalue weighted by molar-refractivity contribution is -0.384. The van der Waals surface area contributed by atoms with Crippen LogP contribution in [0.4, 0.5) is 17.3 Å². The number of hydrogen-bond donors (Lipinski definition) is 1. The minimum Gasteiger partial charge on any atom is -0.383 e. The van der Waals surface area contributed by atoms with Crippen molar-refractivity contribution in [3.8, 4) is 0 Å². The highest BCUT2D eigenvalue weighted by Gasteiger charge is 2.20. The first-order chi connectivity index (χ1) is 9.45. The number of aromatic nitrogens is 1.